The van der Waals surface area contributed by atoms with Gasteiger partial charge in [0.05, 0.1) is 24.4 Å². The van der Waals surface area contributed by atoms with E-state index in [9.17, 15) is 4.79 Å². The van der Waals surface area contributed by atoms with E-state index in [1.165, 1.54) is 13.3 Å². The fourth-order valence-electron chi connectivity index (χ4n) is 2.87. The maximum Gasteiger partial charge on any atom is 0.304 e. The third-order valence-electron chi connectivity index (χ3n) is 4.17. The van der Waals surface area contributed by atoms with Gasteiger partial charge in [0, 0.05) is 6.54 Å². The number of rotatable bonds is 6. The molecule has 2 heterocycles. The van der Waals surface area contributed by atoms with Gasteiger partial charge in [0.15, 0.2) is 5.82 Å². The van der Waals surface area contributed by atoms with Gasteiger partial charge in [-0.15, -0.1) is 5.10 Å². The first-order valence-corrected chi connectivity index (χ1v) is 8.50. The highest BCUT2D eigenvalue weighted by Crippen LogP contribution is 2.26. The summed E-state index contributed by atoms with van der Waals surface area (Å²) in [5.41, 5.74) is 7.87. The summed E-state index contributed by atoms with van der Waals surface area (Å²) in [5, 5.41) is 11.3. The van der Waals surface area contributed by atoms with Crippen LogP contribution >= 0.6 is 0 Å². The molecule has 9 heteroatoms. The summed E-state index contributed by atoms with van der Waals surface area (Å²) in [6.45, 7) is 0.590. The third kappa shape index (κ3) is 3.20. The topological polar surface area (TPSA) is 121 Å². The monoisotopic (exact) mass is 375 g/mol. The van der Waals surface area contributed by atoms with Crippen molar-refractivity contribution in [1.82, 2.24) is 24.7 Å². The Morgan fingerprint density at radius 3 is 2.71 bits per heavy atom. The van der Waals surface area contributed by atoms with Gasteiger partial charge >= 0.3 is 6.01 Å². The first-order valence-electron chi connectivity index (χ1n) is 8.50. The fourth-order valence-corrected chi connectivity index (χ4v) is 2.87. The first-order chi connectivity index (χ1) is 13.7. The Balaban J connectivity index is 1.74. The Bertz CT molecular complexity index is 1140. The van der Waals surface area contributed by atoms with Gasteiger partial charge in [-0.2, -0.15) is 15.1 Å². The smallest absolute Gasteiger partial charge is 0.304 e. The van der Waals surface area contributed by atoms with Crippen molar-refractivity contribution in [2.45, 2.75) is 6.54 Å². The molecule has 9 nitrogen and oxygen atoms in total. The number of benzene rings is 2. The van der Waals surface area contributed by atoms with Crippen molar-refractivity contribution in [1.29, 1.82) is 0 Å². The van der Waals surface area contributed by atoms with E-state index in [-0.39, 0.29) is 12.0 Å². The minimum absolute atomic E-state index is 0.228. The first kappa shape index (κ1) is 17.4. The number of carbonyl (C=O) groups is 1. The van der Waals surface area contributed by atoms with Crippen molar-refractivity contribution in [2.75, 3.05) is 12.4 Å². The van der Waals surface area contributed by atoms with Crippen LogP contribution in [0.15, 0.2) is 54.7 Å². The van der Waals surface area contributed by atoms with Gasteiger partial charge < -0.3 is 15.8 Å². The van der Waals surface area contributed by atoms with Crippen LogP contribution in [-0.4, -0.2) is 37.7 Å². The van der Waals surface area contributed by atoms with Gasteiger partial charge in [0.1, 0.15) is 5.52 Å². The summed E-state index contributed by atoms with van der Waals surface area (Å²) in [6, 6.07) is 15.3. The highest BCUT2D eigenvalue weighted by molar-refractivity contribution is 6.04. The number of hydrogen-bond donors (Lipinski definition) is 2. The number of nitrogens with zero attached hydrogens (tertiary/aromatic N) is 5. The van der Waals surface area contributed by atoms with Crippen molar-refractivity contribution in [3.05, 3.63) is 65.9 Å². The number of anilines is 1. The molecule has 4 rings (SSSR count). The number of primary amides is 1. The second-order valence-corrected chi connectivity index (χ2v) is 5.95. The molecular formula is C19H17N7O2. The normalized spacial score (nSPS) is 10.8. The number of methoxy groups -OCH3 is 1. The Morgan fingerprint density at radius 2 is 1.96 bits per heavy atom. The molecule has 140 valence electrons. The van der Waals surface area contributed by atoms with Gasteiger partial charge in [0.25, 0.3) is 11.9 Å². The summed E-state index contributed by atoms with van der Waals surface area (Å²) in [4.78, 5) is 20.6. The molecule has 1 amide bonds. The average molecular weight is 375 g/mol. The summed E-state index contributed by atoms with van der Waals surface area (Å²) in [5.74, 6) is 0.234. The zero-order valence-electron chi connectivity index (χ0n) is 15.0. The number of ether oxygens (including phenoxy) is 1. The summed E-state index contributed by atoms with van der Waals surface area (Å²) in [7, 11) is 1.48. The molecule has 0 aliphatic rings. The van der Waals surface area contributed by atoms with Crippen LogP contribution in [0, 0.1) is 0 Å². The maximum atomic E-state index is 11.7. The Kier molecular flexibility index (Phi) is 4.55. The van der Waals surface area contributed by atoms with Gasteiger partial charge in [-0.1, -0.05) is 36.4 Å². The third-order valence-corrected chi connectivity index (χ3v) is 4.17. The number of hydrogen-bond acceptors (Lipinski definition) is 7. The minimum atomic E-state index is -0.574. The lowest BCUT2D eigenvalue weighted by Crippen LogP contribution is -2.11. The van der Waals surface area contributed by atoms with Crippen molar-refractivity contribution < 1.29 is 9.53 Å². The van der Waals surface area contributed by atoms with Gasteiger partial charge in [-0.05, 0) is 17.7 Å². The maximum absolute atomic E-state index is 11.7. The van der Waals surface area contributed by atoms with Gasteiger partial charge in [-0.25, -0.2) is 4.57 Å². The lowest BCUT2D eigenvalue weighted by Gasteiger charge is -2.08. The van der Waals surface area contributed by atoms with Gasteiger partial charge in [0.2, 0.25) is 0 Å². The molecule has 0 fully saturated rings. The quantitative estimate of drug-likeness (QED) is 0.528. The summed E-state index contributed by atoms with van der Waals surface area (Å²) in [6.07, 6.45) is 1.53. The summed E-state index contributed by atoms with van der Waals surface area (Å²) < 4.78 is 6.95. The highest BCUT2D eigenvalue weighted by Gasteiger charge is 2.19. The standard InChI is InChI=1S/C19H17N7O2/c1-28-19-24-16-13(17(20)27)8-5-9-14(16)26(19)18-23-15(11-22-25-18)21-10-12-6-3-2-4-7-12/h2-9,11H,10H2,1H3,(H2,20,27)(H,21,23,25). The van der Waals surface area contributed by atoms with E-state index in [0.717, 1.165) is 5.56 Å². The zero-order chi connectivity index (χ0) is 19.5. The number of imidazole rings is 1. The SMILES string of the molecule is COc1nc2c(C(N)=O)cccc2n1-c1nncc(NCc2ccccc2)n1. The molecule has 0 saturated carbocycles. The van der Waals surface area contributed by atoms with Crippen LogP contribution in [0.4, 0.5) is 5.82 Å². The molecule has 0 saturated heterocycles. The van der Waals surface area contributed by atoms with Crippen LogP contribution in [0.1, 0.15) is 15.9 Å². The van der Waals surface area contributed by atoms with Crippen molar-refractivity contribution in [3.8, 4) is 12.0 Å². The molecule has 0 unspecified atom stereocenters. The van der Waals surface area contributed by atoms with E-state index in [1.807, 2.05) is 30.3 Å². The Hall–Kier alpha value is -4.01. The van der Waals surface area contributed by atoms with Crippen LogP contribution in [0.3, 0.4) is 0 Å². The predicted octanol–water partition coefficient (Wildman–Crippen LogP) is 1.93. The van der Waals surface area contributed by atoms with Crippen molar-refractivity contribution >= 4 is 22.8 Å². The molecule has 3 N–H and O–H groups in total. The van der Waals surface area contributed by atoms with Crippen LogP contribution in [0.25, 0.3) is 17.0 Å². The van der Waals surface area contributed by atoms with E-state index in [1.54, 1.807) is 22.8 Å². The van der Waals surface area contributed by atoms with Crippen LogP contribution < -0.4 is 15.8 Å². The number of aromatic nitrogens is 5. The predicted molar refractivity (Wildman–Crippen MR) is 103 cm³/mol. The average Bonchev–Trinajstić information content (AvgIpc) is 3.12. The molecule has 0 radical (unpaired) electrons. The molecule has 0 bridgehead atoms. The molecule has 0 aliphatic heterocycles. The van der Waals surface area contributed by atoms with E-state index in [0.29, 0.717) is 29.0 Å². The molecule has 28 heavy (non-hydrogen) atoms. The fraction of sp³-hybridized carbons (Fsp3) is 0.105. The largest absolute Gasteiger partial charge is 0.468 e. The number of nitrogens with two attached hydrogens (primary N) is 1. The molecule has 0 aliphatic carbocycles. The Morgan fingerprint density at radius 1 is 1.14 bits per heavy atom. The van der Waals surface area contributed by atoms with Crippen molar-refractivity contribution in [2.24, 2.45) is 5.73 Å². The second-order valence-electron chi connectivity index (χ2n) is 5.95. The van der Waals surface area contributed by atoms with E-state index >= 15 is 0 Å². The number of carbonyl (C=O) groups excluding carboxylic acids is 1. The number of fused-ring (bicyclic) bond motifs is 1. The lowest BCUT2D eigenvalue weighted by molar-refractivity contribution is 0.100. The molecule has 2 aromatic heterocycles. The van der Waals surface area contributed by atoms with E-state index < -0.39 is 5.91 Å². The number of para-hydroxylation sites is 1. The minimum Gasteiger partial charge on any atom is -0.468 e. The zero-order valence-corrected chi connectivity index (χ0v) is 15.0. The molecule has 0 spiro atoms. The van der Waals surface area contributed by atoms with Gasteiger partial charge in [-0.3, -0.25) is 4.79 Å². The molecule has 2 aromatic carbocycles. The Labute approximate surface area is 160 Å². The summed E-state index contributed by atoms with van der Waals surface area (Å²) >= 11 is 0. The van der Waals surface area contributed by atoms with Crippen LogP contribution in [-0.2, 0) is 6.54 Å². The molecule has 0 atom stereocenters. The molecule has 4 aromatic rings. The van der Waals surface area contributed by atoms with Crippen molar-refractivity contribution in [3.63, 3.8) is 0 Å². The van der Waals surface area contributed by atoms with Crippen LogP contribution in [0.5, 0.6) is 6.01 Å². The van der Waals surface area contributed by atoms with Crippen LogP contribution in [0.2, 0.25) is 0 Å². The molecular weight excluding hydrogens is 358 g/mol. The number of amides is 1. The highest BCUT2D eigenvalue weighted by atomic mass is 16.5. The number of nitrogens with one attached hydrogen (secondary N) is 1. The van der Waals surface area contributed by atoms with E-state index in [2.05, 4.69) is 25.5 Å². The second kappa shape index (κ2) is 7.31. The lowest BCUT2D eigenvalue weighted by atomic mass is 10.2. The van der Waals surface area contributed by atoms with E-state index in [4.69, 9.17) is 10.5 Å².